The Morgan fingerprint density at radius 1 is 1.28 bits per heavy atom. The summed E-state index contributed by atoms with van der Waals surface area (Å²) in [6, 6.07) is 5.16. The molecule has 1 saturated heterocycles. The molecule has 2 atom stereocenters. The van der Waals surface area contributed by atoms with E-state index in [0.29, 0.717) is 6.04 Å². The summed E-state index contributed by atoms with van der Waals surface area (Å²) >= 11 is 4.06. The molecule has 3 heteroatoms. The second kappa shape index (κ2) is 6.44. The molecule has 2 unspecified atom stereocenters. The molecular weight excluding hydrogens is 258 g/mol. The first-order valence-corrected chi connectivity index (χ1v) is 9.31. The number of rotatable bonds is 5. The van der Waals surface area contributed by atoms with Crippen LogP contribution in [0.2, 0.25) is 0 Å². The molecule has 1 N–H and O–H groups in total. The van der Waals surface area contributed by atoms with E-state index in [1.54, 1.807) is 4.88 Å². The number of nitrogens with one attached hydrogen (secondary N) is 1. The monoisotopic (exact) mass is 281 g/mol. The molecule has 1 aliphatic carbocycles. The third-order valence-corrected chi connectivity index (χ3v) is 6.56. The first-order chi connectivity index (χ1) is 8.93. The zero-order valence-electron chi connectivity index (χ0n) is 10.9. The van der Waals surface area contributed by atoms with E-state index in [0.717, 1.165) is 11.8 Å². The fourth-order valence-electron chi connectivity index (χ4n) is 3.30. The van der Waals surface area contributed by atoms with E-state index in [9.17, 15) is 0 Å². The Morgan fingerprint density at radius 3 is 2.83 bits per heavy atom. The largest absolute Gasteiger partial charge is 0.309 e. The molecule has 1 nitrogen and oxygen atoms in total. The first kappa shape index (κ1) is 13.0. The van der Waals surface area contributed by atoms with Gasteiger partial charge in [-0.1, -0.05) is 18.9 Å². The van der Waals surface area contributed by atoms with Crippen LogP contribution in [0.15, 0.2) is 17.5 Å². The molecule has 0 aromatic carbocycles. The summed E-state index contributed by atoms with van der Waals surface area (Å²) in [5.74, 6) is 4.55. The van der Waals surface area contributed by atoms with Gasteiger partial charge in [0.05, 0.1) is 0 Å². The van der Waals surface area contributed by atoms with Crippen LogP contribution in [0.25, 0.3) is 0 Å². The van der Waals surface area contributed by atoms with Gasteiger partial charge in [0, 0.05) is 10.9 Å². The molecule has 3 rings (SSSR count). The zero-order chi connectivity index (χ0) is 12.2. The maximum atomic E-state index is 3.90. The van der Waals surface area contributed by atoms with Crippen LogP contribution in [0.3, 0.4) is 0 Å². The predicted molar refractivity (Wildman–Crippen MR) is 82.5 cm³/mol. The average Bonchev–Trinajstić information content (AvgIpc) is 3.14. The van der Waals surface area contributed by atoms with Gasteiger partial charge >= 0.3 is 0 Å². The smallest absolute Gasteiger partial charge is 0.0443 e. The lowest BCUT2D eigenvalue weighted by molar-refractivity contribution is 0.351. The Balaban J connectivity index is 1.61. The Kier molecular flexibility index (Phi) is 4.66. The first-order valence-electron chi connectivity index (χ1n) is 7.28. The molecule has 1 aliphatic heterocycles. The van der Waals surface area contributed by atoms with Gasteiger partial charge in [0.15, 0.2) is 0 Å². The summed E-state index contributed by atoms with van der Waals surface area (Å²) in [6.45, 7) is 1.23. The van der Waals surface area contributed by atoms with Crippen LogP contribution in [0.1, 0.15) is 43.0 Å². The summed E-state index contributed by atoms with van der Waals surface area (Å²) in [7, 11) is 0. The van der Waals surface area contributed by atoms with E-state index in [1.807, 2.05) is 11.3 Å². The van der Waals surface area contributed by atoms with Gasteiger partial charge in [-0.2, -0.15) is 11.8 Å². The predicted octanol–water partition coefficient (Wildman–Crippen LogP) is 4.32. The van der Waals surface area contributed by atoms with Gasteiger partial charge in [0.2, 0.25) is 0 Å². The van der Waals surface area contributed by atoms with E-state index in [2.05, 4.69) is 34.6 Å². The SMILES string of the molecule is c1csc(C(NCC2CCSC2)C2CCCC2)c1. The molecule has 100 valence electrons. The van der Waals surface area contributed by atoms with Crippen LogP contribution in [0.5, 0.6) is 0 Å². The number of thiophene rings is 1. The van der Waals surface area contributed by atoms with Crippen LogP contribution in [0.4, 0.5) is 0 Å². The molecule has 18 heavy (non-hydrogen) atoms. The maximum absolute atomic E-state index is 3.90. The highest BCUT2D eigenvalue weighted by Crippen LogP contribution is 2.37. The minimum absolute atomic E-state index is 0.637. The van der Waals surface area contributed by atoms with Crippen molar-refractivity contribution in [1.29, 1.82) is 0 Å². The van der Waals surface area contributed by atoms with Gasteiger partial charge < -0.3 is 5.32 Å². The number of thioether (sulfide) groups is 1. The molecule has 0 spiro atoms. The van der Waals surface area contributed by atoms with Crippen molar-refractivity contribution in [3.8, 4) is 0 Å². The van der Waals surface area contributed by atoms with Crippen molar-refractivity contribution in [3.05, 3.63) is 22.4 Å². The Morgan fingerprint density at radius 2 is 2.17 bits per heavy atom. The molecule has 2 heterocycles. The fourth-order valence-corrected chi connectivity index (χ4v) is 5.47. The second-order valence-corrected chi connectivity index (χ2v) is 7.80. The molecule has 2 aliphatic rings. The van der Waals surface area contributed by atoms with Crippen LogP contribution >= 0.6 is 23.1 Å². The molecule has 0 radical (unpaired) electrons. The molecular formula is C15H23NS2. The van der Waals surface area contributed by atoms with Crippen LogP contribution < -0.4 is 5.32 Å². The standard InChI is InChI=1S/C15H23NS2/c1-2-5-13(4-1)15(14-6-3-8-18-14)16-10-12-7-9-17-11-12/h3,6,8,12-13,15-16H,1-2,4-5,7,9-11H2. The number of hydrogen-bond donors (Lipinski definition) is 1. The summed E-state index contributed by atoms with van der Waals surface area (Å²) in [6.07, 6.45) is 7.14. The summed E-state index contributed by atoms with van der Waals surface area (Å²) in [4.78, 5) is 1.56. The van der Waals surface area contributed by atoms with Gasteiger partial charge in [0.1, 0.15) is 0 Å². The van der Waals surface area contributed by atoms with Crippen molar-refractivity contribution in [2.24, 2.45) is 11.8 Å². The molecule has 1 aromatic heterocycles. The van der Waals surface area contributed by atoms with Gasteiger partial charge in [-0.25, -0.2) is 0 Å². The minimum Gasteiger partial charge on any atom is -0.309 e. The van der Waals surface area contributed by atoms with E-state index >= 15 is 0 Å². The fraction of sp³-hybridized carbons (Fsp3) is 0.733. The summed E-state index contributed by atoms with van der Waals surface area (Å²) in [5.41, 5.74) is 0. The third kappa shape index (κ3) is 3.12. The van der Waals surface area contributed by atoms with E-state index in [-0.39, 0.29) is 0 Å². The maximum Gasteiger partial charge on any atom is 0.0443 e. The average molecular weight is 281 g/mol. The van der Waals surface area contributed by atoms with Gasteiger partial charge in [0.25, 0.3) is 0 Å². The van der Waals surface area contributed by atoms with Crippen molar-refractivity contribution < 1.29 is 0 Å². The van der Waals surface area contributed by atoms with E-state index < -0.39 is 0 Å². The van der Waals surface area contributed by atoms with Gasteiger partial charge in [-0.05, 0) is 60.6 Å². The topological polar surface area (TPSA) is 12.0 Å². The van der Waals surface area contributed by atoms with Crippen molar-refractivity contribution in [2.75, 3.05) is 18.1 Å². The Labute approximate surface area is 119 Å². The summed E-state index contributed by atoms with van der Waals surface area (Å²) in [5, 5.41) is 6.13. The molecule has 0 bridgehead atoms. The number of hydrogen-bond acceptors (Lipinski definition) is 3. The third-order valence-electron chi connectivity index (χ3n) is 4.37. The molecule has 1 aromatic rings. The quantitative estimate of drug-likeness (QED) is 0.862. The van der Waals surface area contributed by atoms with Crippen LogP contribution in [0, 0.1) is 11.8 Å². The molecule has 1 saturated carbocycles. The highest BCUT2D eigenvalue weighted by atomic mass is 32.2. The van der Waals surface area contributed by atoms with E-state index in [4.69, 9.17) is 0 Å². The van der Waals surface area contributed by atoms with Crippen LogP contribution in [-0.4, -0.2) is 18.1 Å². The minimum atomic E-state index is 0.637. The normalized spacial score (nSPS) is 26.8. The van der Waals surface area contributed by atoms with Gasteiger partial charge in [-0.15, -0.1) is 11.3 Å². The van der Waals surface area contributed by atoms with Crippen molar-refractivity contribution in [2.45, 2.75) is 38.1 Å². The molecule has 0 amide bonds. The highest BCUT2D eigenvalue weighted by molar-refractivity contribution is 7.99. The summed E-state index contributed by atoms with van der Waals surface area (Å²) < 4.78 is 0. The van der Waals surface area contributed by atoms with Crippen molar-refractivity contribution >= 4 is 23.1 Å². The van der Waals surface area contributed by atoms with Crippen molar-refractivity contribution in [1.82, 2.24) is 5.32 Å². The lowest BCUT2D eigenvalue weighted by Gasteiger charge is -2.25. The lowest BCUT2D eigenvalue weighted by atomic mass is 9.96. The second-order valence-electron chi connectivity index (χ2n) is 5.68. The van der Waals surface area contributed by atoms with Gasteiger partial charge in [-0.3, -0.25) is 0 Å². The zero-order valence-corrected chi connectivity index (χ0v) is 12.6. The highest BCUT2D eigenvalue weighted by Gasteiger charge is 2.27. The van der Waals surface area contributed by atoms with Crippen molar-refractivity contribution in [3.63, 3.8) is 0 Å². The molecule has 2 fully saturated rings. The Bertz CT molecular complexity index is 337. The van der Waals surface area contributed by atoms with E-state index in [1.165, 1.54) is 50.2 Å². The lowest BCUT2D eigenvalue weighted by Crippen LogP contribution is -2.31. The van der Waals surface area contributed by atoms with Crippen LogP contribution in [-0.2, 0) is 0 Å². The Hall–Kier alpha value is 0.01000.